The maximum Gasteiger partial charge on any atom is 0.119 e. The molecule has 0 aliphatic rings. The molecule has 0 spiro atoms. The molecule has 0 radical (unpaired) electrons. The van der Waals surface area contributed by atoms with Crippen LogP contribution in [0.3, 0.4) is 0 Å². The highest BCUT2D eigenvalue weighted by atomic mass is 35.5. The minimum absolute atomic E-state index is 0.176. The summed E-state index contributed by atoms with van der Waals surface area (Å²) in [4.78, 5) is 4.12. The third-order valence-electron chi connectivity index (χ3n) is 3.30. The van der Waals surface area contributed by atoms with Crippen LogP contribution in [0.15, 0.2) is 60.9 Å². The summed E-state index contributed by atoms with van der Waals surface area (Å²) >= 11 is 5.82. The lowest BCUT2D eigenvalue weighted by Crippen LogP contribution is -2.10. The van der Waals surface area contributed by atoms with Gasteiger partial charge in [0, 0.05) is 22.8 Å². The Bertz CT molecular complexity index is 738. The van der Waals surface area contributed by atoms with Gasteiger partial charge < -0.3 is 9.84 Å². The first-order valence-electron chi connectivity index (χ1n) is 6.63. The van der Waals surface area contributed by atoms with Crippen LogP contribution in [0.2, 0.25) is 5.02 Å². The zero-order chi connectivity index (χ0) is 14.7. The minimum atomic E-state index is -0.714. The van der Waals surface area contributed by atoms with E-state index in [1.807, 2.05) is 24.3 Å². The SMILES string of the molecule is OC(COc1ccc(Cl)cc1)c1cccc2ccncc12. The second kappa shape index (κ2) is 6.12. The summed E-state index contributed by atoms with van der Waals surface area (Å²) in [6, 6.07) is 14.8. The summed E-state index contributed by atoms with van der Waals surface area (Å²) in [7, 11) is 0. The monoisotopic (exact) mass is 299 g/mol. The van der Waals surface area contributed by atoms with Gasteiger partial charge in [-0.15, -0.1) is 0 Å². The predicted octanol–water partition coefficient (Wildman–Crippen LogP) is 4.00. The number of rotatable bonds is 4. The molecule has 1 unspecified atom stereocenters. The van der Waals surface area contributed by atoms with Crippen LogP contribution in [0.1, 0.15) is 11.7 Å². The molecule has 2 aromatic carbocycles. The maximum atomic E-state index is 10.4. The molecule has 0 aliphatic carbocycles. The van der Waals surface area contributed by atoms with Gasteiger partial charge in [0.05, 0.1) is 0 Å². The van der Waals surface area contributed by atoms with E-state index in [-0.39, 0.29) is 6.61 Å². The van der Waals surface area contributed by atoms with E-state index in [2.05, 4.69) is 4.98 Å². The predicted molar refractivity (Wildman–Crippen MR) is 83.6 cm³/mol. The highest BCUT2D eigenvalue weighted by Crippen LogP contribution is 2.24. The maximum absolute atomic E-state index is 10.4. The summed E-state index contributed by atoms with van der Waals surface area (Å²) in [6.07, 6.45) is 2.78. The van der Waals surface area contributed by atoms with Crippen LogP contribution in [0.25, 0.3) is 10.8 Å². The molecule has 3 nitrogen and oxygen atoms in total. The van der Waals surface area contributed by atoms with Crippen molar-refractivity contribution in [2.75, 3.05) is 6.61 Å². The fourth-order valence-electron chi connectivity index (χ4n) is 2.22. The number of hydrogen-bond acceptors (Lipinski definition) is 3. The second-order valence-corrected chi connectivity index (χ2v) is 5.16. The van der Waals surface area contributed by atoms with Gasteiger partial charge in [-0.05, 0) is 41.3 Å². The Morgan fingerprint density at radius 2 is 1.90 bits per heavy atom. The normalized spacial score (nSPS) is 12.3. The zero-order valence-corrected chi connectivity index (χ0v) is 12.0. The fourth-order valence-corrected chi connectivity index (χ4v) is 2.35. The summed E-state index contributed by atoms with van der Waals surface area (Å²) in [6.45, 7) is 0.176. The van der Waals surface area contributed by atoms with Crippen molar-refractivity contribution in [1.82, 2.24) is 4.98 Å². The highest BCUT2D eigenvalue weighted by Gasteiger charge is 2.12. The van der Waals surface area contributed by atoms with E-state index in [0.717, 1.165) is 16.3 Å². The first-order chi connectivity index (χ1) is 10.2. The average Bonchev–Trinajstić information content (AvgIpc) is 2.53. The van der Waals surface area contributed by atoms with Gasteiger partial charge in [0.1, 0.15) is 18.5 Å². The van der Waals surface area contributed by atoms with Gasteiger partial charge >= 0.3 is 0 Å². The lowest BCUT2D eigenvalue weighted by atomic mass is 10.0. The molecule has 106 valence electrons. The standard InChI is InChI=1S/C17H14ClNO2/c18-13-4-6-14(7-5-13)21-11-17(20)15-3-1-2-12-8-9-19-10-16(12)15/h1-10,17,20H,11H2. The van der Waals surface area contributed by atoms with Crippen molar-refractivity contribution in [3.63, 3.8) is 0 Å². The van der Waals surface area contributed by atoms with Crippen LogP contribution >= 0.6 is 11.6 Å². The lowest BCUT2D eigenvalue weighted by Gasteiger charge is -2.14. The largest absolute Gasteiger partial charge is 0.491 e. The van der Waals surface area contributed by atoms with Crippen molar-refractivity contribution >= 4 is 22.4 Å². The first kappa shape index (κ1) is 13.9. The quantitative estimate of drug-likeness (QED) is 0.792. The van der Waals surface area contributed by atoms with Gasteiger partial charge in [-0.2, -0.15) is 0 Å². The number of nitrogens with zero attached hydrogens (tertiary/aromatic N) is 1. The number of aliphatic hydroxyl groups is 1. The third kappa shape index (κ3) is 3.15. The Morgan fingerprint density at radius 1 is 1.10 bits per heavy atom. The molecular weight excluding hydrogens is 286 g/mol. The first-order valence-corrected chi connectivity index (χ1v) is 7.01. The van der Waals surface area contributed by atoms with Gasteiger partial charge in [0.25, 0.3) is 0 Å². The number of benzene rings is 2. The Labute approximate surface area is 127 Å². The number of pyridine rings is 1. The summed E-state index contributed by atoms with van der Waals surface area (Å²) in [5.74, 6) is 0.678. The molecule has 1 atom stereocenters. The number of halogens is 1. The Morgan fingerprint density at radius 3 is 2.71 bits per heavy atom. The number of fused-ring (bicyclic) bond motifs is 1. The molecule has 1 N–H and O–H groups in total. The van der Waals surface area contributed by atoms with Crippen LogP contribution in [0, 0.1) is 0 Å². The van der Waals surface area contributed by atoms with Crippen molar-refractivity contribution < 1.29 is 9.84 Å². The molecule has 0 bridgehead atoms. The summed E-state index contributed by atoms with van der Waals surface area (Å²) in [5, 5.41) is 13.0. The van der Waals surface area contributed by atoms with Crippen molar-refractivity contribution in [3.05, 3.63) is 71.5 Å². The molecule has 21 heavy (non-hydrogen) atoms. The Kier molecular flexibility index (Phi) is 4.04. The molecule has 1 heterocycles. The summed E-state index contributed by atoms with van der Waals surface area (Å²) in [5.41, 5.74) is 0.814. The Balaban J connectivity index is 1.78. The number of ether oxygens (including phenoxy) is 1. The third-order valence-corrected chi connectivity index (χ3v) is 3.55. The van der Waals surface area contributed by atoms with Gasteiger partial charge in [0.2, 0.25) is 0 Å². The van der Waals surface area contributed by atoms with E-state index < -0.39 is 6.10 Å². The fraction of sp³-hybridized carbons (Fsp3) is 0.118. The van der Waals surface area contributed by atoms with E-state index in [9.17, 15) is 5.11 Å². The molecule has 0 saturated carbocycles. The van der Waals surface area contributed by atoms with Gasteiger partial charge in [-0.25, -0.2) is 0 Å². The van der Waals surface area contributed by atoms with Crippen molar-refractivity contribution in [2.24, 2.45) is 0 Å². The average molecular weight is 300 g/mol. The van der Waals surface area contributed by atoms with E-state index in [1.54, 1.807) is 36.7 Å². The molecule has 0 fully saturated rings. The van der Waals surface area contributed by atoms with E-state index in [4.69, 9.17) is 16.3 Å². The van der Waals surface area contributed by atoms with Gasteiger partial charge in [-0.3, -0.25) is 4.98 Å². The van der Waals surface area contributed by atoms with Gasteiger partial charge in [0.15, 0.2) is 0 Å². The number of hydrogen-bond donors (Lipinski definition) is 1. The number of aromatic nitrogens is 1. The number of aliphatic hydroxyl groups excluding tert-OH is 1. The highest BCUT2D eigenvalue weighted by molar-refractivity contribution is 6.30. The lowest BCUT2D eigenvalue weighted by molar-refractivity contribution is 0.109. The molecule has 3 rings (SSSR count). The smallest absolute Gasteiger partial charge is 0.119 e. The van der Waals surface area contributed by atoms with Crippen molar-refractivity contribution in [1.29, 1.82) is 0 Å². The zero-order valence-electron chi connectivity index (χ0n) is 11.2. The van der Waals surface area contributed by atoms with Crippen LogP contribution in [0.5, 0.6) is 5.75 Å². The van der Waals surface area contributed by atoms with Crippen LogP contribution in [0.4, 0.5) is 0 Å². The second-order valence-electron chi connectivity index (χ2n) is 4.72. The van der Waals surface area contributed by atoms with Crippen LogP contribution < -0.4 is 4.74 Å². The topological polar surface area (TPSA) is 42.4 Å². The molecule has 0 saturated heterocycles. The van der Waals surface area contributed by atoms with Crippen LogP contribution in [-0.2, 0) is 0 Å². The minimum Gasteiger partial charge on any atom is -0.491 e. The molecule has 3 aromatic rings. The Hall–Kier alpha value is -2.10. The van der Waals surface area contributed by atoms with Gasteiger partial charge in [-0.1, -0.05) is 29.8 Å². The molecular formula is C17H14ClNO2. The molecule has 0 aliphatic heterocycles. The molecule has 4 heteroatoms. The van der Waals surface area contributed by atoms with E-state index >= 15 is 0 Å². The molecule has 0 amide bonds. The summed E-state index contributed by atoms with van der Waals surface area (Å²) < 4.78 is 5.60. The molecule has 1 aromatic heterocycles. The van der Waals surface area contributed by atoms with Crippen molar-refractivity contribution in [3.8, 4) is 5.75 Å². The van der Waals surface area contributed by atoms with Crippen LogP contribution in [-0.4, -0.2) is 16.7 Å². The van der Waals surface area contributed by atoms with E-state index in [0.29, 0.717) is 10.8 Å². The van der Waals surface area contributed by atoms with Crippen molar-refractivity contribution in [2.45, 2.75) is 6.10 Å². The van der Waals surface area contributed by atoms with E-state index in [1.165, 1.54) is 0 Å².